The highest BCUT2D eigenvalue weighted by molar-refractivity contribution is 6.30. The van der Waals surface area contributed by atoms with Gasteiger partial charge in [-0.25, -0.2) is 0 Å². The van der Waals surface area contributed by atoms with Crippen LogP contribution < -0.4 is 5.56 Å². The van der Waals surface area contributed by atoms with Crippen LogP contribution in [0, 0.1) is 0 Å². The number of fused-ring (bicyclic) bond motifs is 1. The van der Waals surface area contributed by atoms with Crippen molar-refractivity contribution in [1.82, 2.24) is 4.98 Å². The predicted octanol–water partition coefficient (Wildman–Crippen LogP) is 4.87. The molecule has 0 aliphatic heterocycles. The molecule has 0 aliphatic carbocycles. The maximum atomic E-state index is 13.3. The van der Waals surface area contributed by atoms with Crippen molar-refractivity contribution >= 4 is 22.5 Å². The summed E-state index contributed by atoms with van der Waals surface area (Å²) in [4.78, 5) is 13.7. The second kappa shape index (κ2) is 5.18. The van der Waals surface area contributed by atoms with Crippen molar-refractivity contribution in [3.05, 3.63) is 69.5 Å². The van der Waals surface area contributed by atoms with Crippen molar-refractivity contribution in [2.75, 3.05) is 0 Å². The van der Waals surface area contributed by atoms with Crippen molar-refractivity contribution in [1.29, 1.82) is 0 Å². The molecule has 1 heterocycles. The summed E-state index contributed by atoms with van der Waals surface area (Å²) in [5, 5.41) is 0.972. The van der Waals surface area contributed by atoms with Gasteiger partial charge >= 0.3 is 6.18 Å². The van der Waals surface area contributed by atoms with Crippen molar-refractivity contribution in [2.24, 2.45) is 0 Å². The standard InChI is InChI=1S/C16H9ClF3NO/c17-11-4-1-9(2-5-11)12-7-10-3-6-15(22)21-14(10)8-13(12)16(18,19)20/h1-8H,(H,21,22). The van der Waals surface area contributed by atoms with Crippen molar-refractivity contribution in [2.45, 2.75) is 6.18 Å². The Morgan fingerprint density at radius 3 is 2.27 bits per heavy atom. The minimum absolute atomic E-state index is 0.0451. The normalized spacial score (nSPS) is 11.8. The Bertz CT molecular complexity index is 898. The topological polar surface area (TPSA) is 32.9 Å². The number of hydrogen-bond acceptors (Lipinski definition) is 1. The Kier molecular flexibility index (Phi) is 3.45. The zero-order chi connectivity index (χ0) is 15.9. The predicted molar refractivity (Wildman–Crippen MR) is 80.0 cm³/mol. The van der Waals surface area contributed by atoms with Gasteiger partial charge < -0.3 is 4.98 Å². The zero-order valence-corrected chi connectivity index (χ0v) is 11.8. The van der Waals surface area contributed by atoms with Crippen LogP contribution in [-0.2, 0) is 6.18 Å². The number of nitrogens with one attached hydrogen (secondary N) is 1. The first-order chi connectivity index (χ1) is 10.3. The van der Waals surface area contributed by atoms with Crippen molar-refractivity contribution < 1.29 is 13.2 Å². The summed E-state index contributed by atoms with van der Waals surface area (Å²) in [7, 11) is 0. The molecule has 0 fully saturated rings. The average Bonchev–Trinajstić information content (AvgIpc) is 2.46. The second-order valence-electron chi connectivity index (χ2n) is 4.81. The lowest BCUT2D eigenvalue weighted by atomic mass is 9.97. The number of benzene rings is 2. The van der Waals surface area contributed by atoms with Gasteiger partial charge in [-0.05, 0) is 46.8 Å². The van der Waals surface area contributed by atoms with Gasteiger partial charge in [0.05, 0.1) is 5.56 Å². The Morgan fingerprint density at radius 2 is 1.64 bits per heavy atom. The molecule has 0 spiro atoms. The Hall–Kier alpha value is -2.27. The van der Waals surface area contributed by atoms with Crippen LogP contribution >= 0.6 is 11.6 Å². The monoisotopic (exact) mass is 323 g/mol. The summed E-state index contributed by atoms with van der Waals surface area (Å²) < 4.78 is 40.0. The number of rotatable bonds is 1. The lowest BCUT2D eigenvalue weighted by Gasteiger charge is -2.14. The molecule has 0 amide bonds. The number of pyridine rings is 1. The van der Waals surface area contributed by atoms with Gasteiger partial charge in [0, 0.05) is 16.6 Å². The van der Waals surface area contributed by atoms with Gasteiger partial charge in [-0.3, -0.25) is 4.79 Å². The largest absolute Gasteiger partial charge is 0.417 e. The molecule has 112 valence electrons. The molecular weight excluding hydrogens is 315 g/mol. The molecule has 0 unspecified atom stereocenters. The van der Waals surface area contributed by atoms with E-state index in [1.54, 1.807) is 0 Å². The van der Waals surface area contributed by atoms with Crippen LogP contribution in [0.3, 0.4) is 0 Å². The molecule has 1 aromatic heterocycles. The van der Waals surface area contributed by atoms with E-state index in [-0.39, 0.29) is 11.1 Å². The molecule has 0 saturated carbocycles. The van der Waals surface area contributed by atoms with Crippen LogP contribution in [0.15, 0.2) is 53.3 Å². The van der Waals surface area contributed by atoms with E-state index in [1.807, 2.05) is 0 Å². The van der Waals surface area contributed by atoms with Gasteiger partial charge in [0.1, 0.15) is 0 Å². The maximum absolute atomic E-state index is 13.3. The Labute approximate surface area is 128 Å². The van der Waals surface area contributed by atoms with Gasteiger partial charge in [0.2, 0.25) is 5.56 Å². The lowest BCUT2D eigenvalue weighted by molar-refractivity contribution is -0.137. The van der Waals surface area contributed by atoms with E-state index < -0.39 is 17.3 Å². The molecule has 0 bridgehead atoms. The lowest BCUT2D eigenvalue weighted by Crippen LogP contribution is -2.09. The highest BCUT2D eigenvalue weighted by Crippen LogP contribution is 2.39. The van der Waals surface area contributed by atoms with Crippen molar-refractivity contribution in [3.63, 3.8) is 0 Å². The molecule has 3 rings (SSSR count). The molecule has 0 radical (unpaired) electrons. The fourth-order valence-corrected chi connectivity index (χ4v) is 2.43. The van der Waals surface area contributed by atoms with Gasteiger partial charge in [0.15, 0.2) is 0 Å². The van der Waals surface area contributed by atoms with Crippen molar-refractivity contribution in [3.8, 4) is 11.1 Å². The van der Waals surface area contributed by atoms with E-state index in [0.717, 1.165) is 6.07 Å². The number of H-pyrrole nitrogens is 1. The first-order valence-corrected chi connectivity index (χ1v) is 6.72. The molecule has 2 nitrogen and oxygen atoms in total. The van der Waals surface area contributed by atoms with E-state index in [2.05, 4.69) is 4.98 Å². The average molecular weight is 324 g/mol. The van der Waals surface area contributed by atoms with E-state index in [4.69, 9.17) is 11.6 Å². The van der Waals surface area contributed by atoms with Gasteiger partial charge in [0.25, 0.3) is 0 Å². The van der Waals surface area contributed by atoms with Crippen LogP contribution in [0.25, 0.3) is 22.0 Å². The Morgan fingerprint density at radius 1 is 0.955 bits per heavy atom. The molecule has 3 aromatic rings. The summed E-state index contributed by atoms with van der Waals surface area (Å²) in [6.07, 6.45) is -4.53. The minimum Gasteiger partial charge on any atom is -0.322 e. The highest BCUT2D eigenvalue weighted by Gasteiger charge is 2.34. The van der Waals surface area contributed by atoms with Gasteiger partial charge in [-0.15, -0.1) is 0 Å². The SMILES string of the molecule is O=c1ccc2cc(-c3ccc(Cl)cc3)c(C(F)(F)F)cc2[nH]1. The minimum atomic E-state index is -4.53. The van der Waals surface area contributed by atoms with Gasteiger partial charge in [-0.1, -0.05) is 23.7 Å². The number of aromatic nitrogens is 1. The van der Waals surface area contributed by atoms with E-state index in [0.29, 0.717) is 16.0 Å². The second-order valence-corrected chi connectivity index (χ2v) is 5.25. The summed E-state index contributed by atoms with van der Waals surface area (Å²) in [5.74, 6) is 0. The quantitative estimate of drug-likeness (QED) is 0.681. The maximum Gasteiger partial charge on any atom is 0.417 e. The first kappa shape index (κ1) is 14.7. The summed E-state index contributed by atoms with van der Waals surface area (Å²) >= 11 is 5.78. The van der Waals surface area contributed by atoms with E-state index in [9.17, 15) is 18.0 Å². The molecule has 0 atom stereocenters. The molecule has 22 heavy (non-hydrogen) atoms. The van der Waals surface area contributed by atoms with E-state index >= 15 is 0 Å². The molecule has 2 aromatic carbocycles. The molecule has 1 N–H and O–H groups in total. The Balaban J connectivity index is 2.33. The number of hydrogen-bond donors (Lipinski definition) is 1. The van der Waals surface area contributed by atoms with Gasteiger partial charge in [-0.2, -0.15) is 13.2 Å². The van der Waals surface area contributed by atoms with Crippen LogP contribution in [0.2, 0.25) is 5.02 Å². The van der Waals surface area contributed by atoms with Crippen LogP contribution in [0.5, 0.6) is 0 Å². The molecular formula is C16H9ClF3NO. The van der Waals surface area contributed by atoms with Crippen LogP contribution in [0.4, 0.5) is 13.2 Å². The molecule has 6 heteroatoms. The molecule has 0 saturated heterocycles. The number of aromatic amines is 1. The first-order valence-electron chi connectivity index (χ1n) is 6.35. The zero-order valence-electron chi connectivity index (χ0n) is 11.0. The number of halogens is 4. The third-order valence-corrected chi connectivity index (χ3v) is 3.57. The fourth-order valence-electron chi connectivity index (χ4n) is 2.31. The summed E-state index contributed by atoms with van der Waals surface area (Å²) in [6.45, 7) is 0. The third kappa shape index (κ3) is 2.72. The summed E-state index contributed by atoms with van der Waals surface area (Å²) in [5.41, 5.74) is -0.643. The fraction of sp³-hybridized carbons (Fsp3) is 0.0625. The van der Waals surface area contributed by atoms with Crippen LogP contribution in [-0.4, -0.2) is 4.98 Å². The molecule has 0 aliphatic rings. The van der Waals surface area contributed by atoms with Crippen LogP contribution in [0.1, 0.15) is 5.56 Å². The third-order valence-electron chi connectivity index (χ3n) is 3.32. The highest BCUT2D eigenvalue weighted by atomic mass is 35.5. The summed E-state index contributed by atoms with van der Waals surface area (Å²) in [6, 6.07) is 11.3. The van der Waals surface area contributed by atoms with E-state index in [1.165, 1.54) is 42.5 Å². The smallest absolute Gasteiger partial charge is 0.322 e. The number of alkyl halides is 3.